The van der Waals surface area contributed by atoms with Crippen LogP contribution in [0.2, 0.25) is 0 Å². The van der Waals surface area contributed by atoms with Crippen LogP contribution >= 0.6 is 11.3 Å². The fourth-order valence-corrected chi connectivity index (χ4v) is 3.47. The van der Waals surface area contributed by atoms with Gasteiger partial charge < -0.3 is 5.32 Å². The van der Waals surface area contributed by atoms with E-state index in [2.05, 4.69) is 15.3 Å². The lowest BCUT2D eigenvalue weighted by atomic mass is 10.00. The summed E-state index contributed by atoms with van der Waals surface area (Å²) in [6, 6.07) is 19.4. The summed E-state index contributed by atoms with van der Waals surface area (Å²) in [5.41, 5.74) is 5.40. The maximum Gasteiger partial charge on any atom is 0.187 e. The zero-order valence-electron chi connectivity index (χ0n) is 13.8. The van der Waals surface area contributed by atoms with Crippen LogP contribution in [0.15, 0.2) is 78.4 Å². The second-order valence-corrected chi connectivity index (χ2v) is 6.55. The monoisotopic (exact) mass is 357 g/mol. The summed E-state index contributed by atoms with van der Waals surface area (Å²) >= 11 is 1.54. The van der Waals surface area contributed by atoms with Crippen molar-refractivity contribution in [3.63, 3.8) is 0 Å². The summed E-state index contributed by atoms with van der Waals surface area (Å²) in [6.07, 6.45) is 4.43. The second kappa shape index (κ2) is 7.29. The smallest absolute Gasteiger partial charge is 0.187 e. The molecule has 0 radical (unpaired) electrons. The highest BCUT2D eigenvalue weighted by molar-refractivity contribution is 7.14. The van der Waals surface area contributed by atoms with Crippen molar-refractivity contribution in [3.8, 4) is 22.4 Å². The fourth-order valence-electron chi connectivity index (χ4n) is 2.73. The molecule has 4 nitrogen and oxygen atoms in total. The third-order valence-electron chi connectivity index (χ3n) is 3.97. The molecule has 0 amide bonds. The van der Waals surface area contributed by atoms with Gasteiger partial charge in [-0.2, -0.15) is 0 Å². The largest absolute Gasteiger partial charge is 0.332 e. The summed E-state index contributed by atoms with van der Waals surface area (Å²) in [5.74, 6) is 0. The number of nitrogens with one attached hydrogen (secondary N) is 1. The lowest BCUT2D eigenvalue weighted by molar-refractivity contribution is 0.112. The van der Waals surface area contributed by atoms with Gasteiger partial charge in [-0.1, -0.05) is 36.4 Å². The van der Waals surface area contributed by atoms with Gasteiger partial charge in [-0.15, -0.1) is 11.3 Å². The van der Waals surface area contributed by atoms with Crippen LogP contribution in [0.4, 0.5) is 10.8 Å². The van der Waals surface area contributed by atoms with Crippen LogP contribution in [-0.2, 0) is 0 Å². The number of carbonyl (C=O) groups is 1. The van der Waals surface area contributed by atoms with Crippen molar-refractivity contribution in [2.45, 2.75) is 0 Å². The molecule has 5 heteroatoms. The molecule has 0 saturated heterocycles. The normalized spacial score (nSPS) is 10.5. The molecular weight excluding hydrogens is 342 g/mol. The molecule has 0 fully saturated rings. The maximum atomic E-state index is 11.3. The number of rotatable bonds is 5. The zero-order chi connectivity index (χ0) is 17.8. The number of hydrogen-bond acceptors (Lipinski definition) is 5. The molecule has 2 heterocycles. The second-order valence-electron chi connectivity index (χ2n) is 5.69. The molecule has 2 aromatic carbocycles. The molecule has 0 aliphatic rings. The first kappa shape index (κ1) is 16.2. The highest BCUT2D eigenvalue weighted by atomic mass is 32.1. The van der Waals surface area contributed by atoms with E-state index >= 15 is 0 Å². The number of hydrogen-bond donors (Lipinski definition) is 1. The minimum atomic E-state index is 0.678. The number of carbonyl (C=O) groups excluding carboxylic acids is 1. The molecule has 126 valence electrons. The highest BCUT2D eigenvalue weighted by Gasteiger charge is 2.07. The minimum absolute atomic E-state index is 0.678. The number of aldehydes is 1. The van der Waals surface area contributed by atoms with Crippen molar-refractivity contribution in [2.24, 2.45) is 0 Å². The summed E-state index contributed by atoms with van der Waals surface area (Å²) in [6.45, 7) is 0. The number of pyridine rings is 1. The van der Waals surface area contributed by atoms with Gasteiger partial charge >= 0.3 is 0 Å². The van der Waals surface area contributed by atoms with Crippen molar-refractivity contribution in [2.75, 3.05) is 5.32 Å². The van der Waals surface area contributed by atoms with E-state index in [1.165, 1.54) is 0 Å². The Labute approximate surface area is 155 Å². The van der Waals surface area contributed by atoms with E-state index in [4.69, 9.17) is 0 Å². The molecule has 26 heavy (non-hydrogen) atoms. The first-order valence-corrected chi connectivity index (χ1v) is 8.99. The molecule has 0 aliphatic carbocycles. The van der Waals surface area contributed by atoms with Crippen LogP contribution in [0.5, 0.6) is 0 Å². The first-order valence-electron chi connectivity index (χ1n) is 8.11. The summed E-state index contributed by atoms with van der Waals surface area (Å²) < 4.78 is 0. The van der Waals surface area contributed by atoms with Crippen LogP contribution in [0, 0.1) is 0 Å². The van der Waals surface area contributed by atoms with E-state index < -0.39 is 0 Å². The third-order valence-corrected chi connectivity index (χ3v) is 4.73. The topological polar surface area (TPSA) is 54.9 Å². The van der Waals surface area contributed by atoms with E-state index in [9.17, 15) is 4.79 Å². The predicted octanol–water partition coefficient (Wildman–Crippen LogP) is 5.43. The van der Waals surface area contributed by atoms with Crippen molar-refractivity contribution < 1.29 is 4.79 Å². The van der Waals surface area contributed by atoms with Crippen LogP contribution in [0.1, 0.15) is 10.4 Å². The van der Waals surface area contributed by atoms with Crippen LogP contribution < -0.4 is 5.32 Å². The van der Waals surface area contributed by atoms with Gasteiger partial charge in [0.05, 0.1) is 5.69 Å². The lowest BCUT2D eigenvalue weighted by Crippen LogP contribution is -1.92. The van der Waals surface area contributed by atoms with Gasteiger partial charge in [-0.3, -0.25) is 9.78 Å². The van der Waals surface area contributed by atoms with Gasteiger partial charge in [0.25, 0.3) is 0 Å². The van der Waals surface area contributed by atoms with E-state index in [1.807, 2.05) is 66.0 Å². The van der Waals surface area contributed by atoms with E-state index in [0.717, 1.165) is 39.5 Å². The average molecular weight is 357 g/mol. The third kappa shape index (κ3) is 3.38. The summed E-state index contributed by atoms with van der Waals surface area (Å²) in [7, 11) is 0. The van der Waals surface area contributed by atoms with Gasteiger partial charge in [-0.05, 0) is 35.4 Å². The van der Waals surface area contributed by atoms with Crippen molar-refractivity contribution in [3.05, 3.63) is 84.0 Å². The van der Waals surface area contributed by atoms with Crippen molar-refractivity contribution in [1.82, 2.24) is 9.97 Å². The van der Waals surface area contributed by atoms with Crippen LogP contribution in [0.3, 0.4) is 0 Å². The van der Waals surface area contributed by atoms with Crippen LogP contribution in [0.25, 0.3) is 22.4 Å². The van der Waals surface area contributed by atoms with E-state index in [0.29, 0.717) is 5.56 Å². The van der Waals surface area contributed by atoms with Gasteiger partial charge in [0.1, 0.15) is 0 Å². The maximum absolute atomic E-state index is 11.3. The van der Waals surface area contributed by atoms with Gasteiger partial charge in [0.15, 0.2) is 11.4 Å². The van der Waals surface area contributed by atoms with E-state index in [1.54, 1.807) is 23.7 Å². The number of benzene rings is 2. The zero-order valence-corrected chi connectivity index (χ0v) is 14.6. The summed E-state index contributed by atoms with van der Waals surface area (Å²) in [5, 5.41) is 6.16. The molecular formula is C21H15N3OS. The Hall–Kier alpha value is -3.31. The predicted molar refractivity (Wildman–Crippen MR) is 106 cm³/mol. The van der Waals surface area contributed by atoms with Gasteiger partial charge in [0, 0.05) is 34.6 Å². The SMILES string of the molecule is O=Cc1ccccc1-c1cccc(Nc2nc(-c3cccnc3)cs2)c1. The van der Waals surface area contributed by atoms with Crippen molar-refractivity contribution >= 4 is 28.4 Å². The Kier molecular flexibility index (Phi) is 4.53. The molecule has 4 rings (SSSR count). The molecule has 0 saturated carbocycles. The molecule has 2 aromatic heterocycles. The number of thiazole rings is 1. The highest BCUT2D eigenvalue weighted by Crippen LogP contribution is 2.29. The Balaban J connectivity index is 1.60. The molecule has 1 N–H and O–H groups in total. The molecule has 0 bridgehead atoms. The molecule has 0 aliphatic heterocycles. The van der Waals surface area contributed by atoms with Gasteiger partial charge in [-0.25, -0.2) is 4.98 Å². The Bertz CT molecular complexity index is 1040. The molecule has 4 aromatic rings. The Morgan fingerprint density at radius 1 is 0.962 bits per heavy atom. The quantitative estimate of drug-likeness (QED) is 0.484. The summed E-state index contributed by atoms with van der Waals surface area (Å²) in [4.78, 5) is 20.0. The van der Waals surface area contributed by atoms with Crippen LogP contribution in [-0.4, -0.2) is 16.3 Å². The fraction of sp³-hybridized carbons (Fsp3) is 0. The first-order chi connectivity index (χ1) is 12.8. The minimum Gasteiger partial charge on any atom is -0.332 e. The number of anilines is 2. The molecule has 0 spiro atoms. The number of aromatic nitrogens is 2. The average Bonchev–Trinajstić information content (AvgIpc) is 3.17. The Morgan fingerprint density at radius 2 is 1.85 bits per heavy atom. The van der Waals surface area contributed by atoms with Crippen molar-refractivity contribution in [1.29, 1.82) is 0 Å². The standard InChI is InChI=1S/C21H15N3OS/c25-13-17-5-1-2-9-19(17)15-6-3-8-18(11-15)23-21-24-20(14-26-21)16-7-4-10-22-12-16/h1-14H,(H,23,24). The number of nitrogens with zero attached hydrogens (tertiary/aromatic N) is 2. The lowest BCUT2D eigenvalue weighted by Gasteiger charge is -2.08. The van der Waals surface area contributed by atoms with E-state index in [-0.39, 0.29) is 0 Å². The Morgan fingerprint density at radius 3 is 2.69 bits per heavy atom. The molecule has 0 unspecified atom stereocenters. The van der Waals surface area contributed by atoms with Gasteiger partial charge in [0.2, 0.25) is 0 Å². The molecule has 0 atom stereocenters.